The minimum atomic E-state index is -0.549. The van der Waals surface area contributed by atoms with Crippen molar-refractivity contribution in [2.24, 2.45) is 0 Å². The van der Waals surface area contributed by atoms with Gasteiger partial charge in [0.15, 0.2) is 4.84 Å². The molecule has 0 amide bonds. The maximum Gasteiger partial charge on any atom is 0.167 e. The van der Waals surface area contributed by atoms with Crippen molar-refractivity contribution in [3.8, 4) is 11.8 Å². The molecular formula is C12H12Cl2. The summed E-state index contributed by atoms with van der Waals surface area (Å²) in [7, 11) is 0. The molecule has 0 bridgehead atoms. The van der Waals surface area contributed by atoms with Crippen molar-refractivity contribution in [1.29, 1.82) is 0 Å². The number of alkyl halides is 2. The zero-order valence-corrected chi connectivity index (χ0v) is 9.35. The van der Waals surface area contributed by atoms with E-state index in [9.17, 15) is 0 Å². The second-order valence-corrected chi connectivity index (χ2v) is 4.06. The lowest BCUT2D eigenvalue weighted by atomic mass is 10.1. The Kier molecular flexibility index (Phi) is 5.52. The number of aryl methyl sites for hydroxylation is 1. The molecule has 0 aliphatic rings. The van der Waals surface area contributed by atoms with Gasteiger partial charge < -0.3 is 0 Å². The van der Waals surface area contributed by atoms with Gasteiger partial charge in [-0.15, -0.1) is 5.92 Å². The van der Waals surface area contributed by atoms with Crippen molar-refractivity contribution in [2.45, 2.75) is 24.1 Å². The summed E-state index contributed by atoms with van der Waals surface area (Å²) < 4.78 is 0. The van der Waals surface area contributed by atoms with E-state index in [1.54, 1.807) is 0 Å². The van der Waals surface area contributed by atoms with Crippen LogP contribution in [0.25, 0.3) is 0 Å². The Labute approximate surface area is 95.2 Å². The first-order valence-corrected chi connectivity index (χ1v) is 5.47. The number of hydrogen-bond acceptors (Lipinski definition) is 0. The van der Waals surface area contributed by atoms with E-state index in [0.29, 0.717) is 0 Å². The number of halogens is 2. The molecule has 0 atom stereocenters. The molecule has 2 heteroatoms. The predicted octanol–water partition coefficient (Wildman–Crippen LogP) is 3.82. The van der Waals surface area contributed by atoms with Gasteiger partial charge in [-0.05, 0) is 18.4 Å². The summed E-state index contributed by atoms with van der Waals surface area (Å²) in [6.07, 6.45) is 2.97. The fraction of sp³-hybridized carbons (Fsp3) is 0.333. The smallest absolute Gasteiger partial charge is 0.100 e. The Morgan fingerprint density at radius 3 is 2.50 bits per heavy atom. The van der Waals surface area contributed by atoms with Gasteiger partial charge in [-0.3, -0.25) is 0 Å². The third kappa shape index (κ3) is 5.17. The fourth-order valence-corrected chi connectivity index (χ4v) is 1.33. The van der Waals surface area contributed by atoms with Crippen LogP contribution in [0.1, 0.15) is 18.4 Å². The summed E-state index contributed by atoms with van der Waals surface area (Å²) >= 11 is 10.9. The average molecular weight is 227 g/mol. The lowest BCUT2D eigenvalue weighted by molar-refractivity contribution is 0.857. The molecule has 0 radical (unpaired) electrons. The van der Waals surface area contributed by atoms with Crippen LogP contribution < -0.4 is 0 Å². The lowest BCUT2D eigenvalue weighted by Crippen LogP contribution is -1.84. The molecule has 14 heavy (non-hydrogen) atoms. The molecule has 1 aromatic rings. The first kappa shape index (κ1) is 11.4. The summed E-state index contributed by atoms with van der Waals surface area (Å²) in [5.74, 6) is 5.65. The minimum absolute atomic E-state index is 0.549. The summed E-state index contributed by atoms with van der Waals surface area (Å²) in [6.45, 7) is 0. The van der Waals surface area contributed by atoms with Gasteiger partial charge in [-0.2, -0.15) is 0 Å². The van der Waals surface area contributed by atoms with Gasteiger partial charge in [0.1, 0.15) is 0 Å². The number of benzene rings is 1. The van der Waals surface area contributed by atoms with Crippen LogP contribution in [-0.4, -0.2) is 4.84 Å². The quantitative estimate of drug-likeness (QED) is 0.418. The molecule has 0 aromatic heterocycles. The first-order chi connectivity index (χ1) is 6.79. The largest absolute Gasteiger partial charge is 0.167 e. The molecule has 0 N–H and O–H groups in total. The summed E-state index contributed by atoms with van der Waals surface area (Å²) in [5, 5.41) is 0. The highest BCUT2D eigenvalue weighted by molar-refractivity contribution is 6.46. The van der Waals surface area contributed by atoms with Gasteiger partial charge >= 0.3 is 0 Å². The molecule has 74 valence electrons. The zero-order valence-electron chi connectivity index (χ0n) is 7.84. The van der Waals surface area contributed by atoms with Crippen molar-refractivity contribution in [3.63, 3.8) is 0 Å². The van der Waals surface area contributed by atoms with Crippen LogP contribution in [0.5, 0.6) is 0 Å². The van der Waals surface area contributed by atoms with Crippen LogP contribution in [0.4, 0.5) is 0 Å². The van der Waals surface area contributed by atoms with E-state index in [-0.39, 0.29) is 0 Å². The Hall–Kier alpha value is -0.640. The Bertz CT molecular complexity index is 306. The maximum atomic E-state index is 5.47. The third-order valence-electron chi connectivity index (χ3n) is 1.82. The van der Waals surface area contributed by atoms with E-state index in [2.05, 4.69) is 36.1 Å². The SMILES string of the molecule is ClC(Cl)C#CCCCc1ccccc1. The van der Waals surface area contributed by atoms with E-state index < -0.39 is 4.84 Å². The first-order valence-electron chi connectivity index (χ1n) is 4.59. The maximum absolute atomic E-state index is 5.47. The van der Waals surface area contributed by atoms with Gasteiger partial charge in [0.05, 0.1) is 0 Å². The third-order valence-corrected chi connectivity index (χ3v) is 2.04. The Morgan fingerprint density at radius 1 is 1.14 bits per heavy atom. The topological polar surface area (TPSA) is 0 Å². The van der Waals surface area contributed by atoms with Crippen LogP contribution in [0, 0.1) is 11.8 Å². The van der Waals surface area contributed by atoms with E-state index >= 15 is 0 Å². The molecule has 0 fully saturated rings. The second kappa shape index (κ2) is 6.76. The standard InChI is InChI=1S/C12H12Cl2/c13-12(14)10-6-2-5-9-11-7-3-1-4-8-11/h1,3-4,7-8,12H,2,5,9H2. The molecule has 1 rings (SSSR count). The molecule has 0 heterocycles. The minimum Gasteiger partial charge on any atom is -0.100 e. The Morgan fingerprint density at radius 2 is 1.86 bits per heavy atom. The van der Waals surface area contributed by atoms with Gasteiger partial charge in [0.2, 0.25) is 0 Å². The van der Waals surface area contributed by atoms with Crippen LogP contribution in [0.15, 0.2) is 30.3 Å². The number of rotatable bonds is 3. The Balaban J connectivity index is 2.21. The highest BCUT2D eigenvalue weighted by atomic mass is 35.5. The van der Waals surface area contributed by atoms with Crippen LogP contribution in [0.2, 0.25) is 0 Å². The van der Waals surface area contributed by atoms with Crippen molar-refractivity contribution in [3.05, 3.63) is 35.9 Å². The van der Waals surface area contributed by atoms with Crippen LogP contribution in [0.3, 0.4) is 0 Å². The molecular weight excluding hydrogens is 215 g/mol. The predicted molar refractivity (Wildman–Crippen MR) is 62.7 cm³/mol. The van der Waals surface area contributed by atoms with Gasteiger partial charge in [0, 0.05) is 6.42 Å². The highest BCUT2D eigenvalue weighted by Gasteiger charge is 1.90. The summed E-state index contributed by atoms with van der Waals surface area (Å²) in [6, 6.07) is 10.4. The van der Waals surface area contributed by atoms with E-state index in [1.165, 1.54) is 5.56 Å². The normalized spacial score (nSPS) is 9.64. The molecule has 0 aliphatic carbocycles. The van der Waals surface area contributed by atoms with Gasteiger partial charge in [0.25, 0.3) is 0 Å². The number of unbranched alkanes of at least 4 members (excludes halogenated alkanes) is 1. The molecule has 0 nitrogen and oxygen atoms in total. The molecule has 0 aliphatic heterocycles. The highest BCUT2D eigenvalue weighted by Crippen LogP contribution is 2.04. The molecule has 1 aromatic carbocycles. The molecule has 0 spiro atoms. The number of hydrogen-bond donors (Lipinski definition) is 0. The van der Waals surface area contributed by atoms with Crippen molar-refractivity contribution >= 4 is 23.2 Å². The van der Waals surface area contributed by atoms with Gasteiger partial charge in [-0.25, -0.2) is 0 Å². The second-order valence-electron chi connectivity index (χ2n) is 2.96. The zero-order chi connectivity index (χ0) is 10.2. The van der Waals surface area contributed by atoms with E-state index in [4.69, 9.17) is 23.2 Å². The monoisotopic (exact) mass is 226 g/mol. The van der Waals surface area contributed by atoms with Crippen molar-refractivity contribution in [2.75, 3.05) is 0 Å². The lowest BCUT2D eigenvalue weighted by Gasteiger charge is -1.96. The van der Waals surface area contributed by atoms with Crippen molar-refractivity contribution < 1.29 is 0 Å². The van der Waals surface area contributed by atoms with E-state index in [1.807, 2.05) is 6.07 Å². The van der Waals surface area contributed by atoms with Gasteiger partial charge in [-0.1, -0.05) is 59.5 Å². The van der Waals surface area contributed by atoms with Crippen LogP contribution in [-0.2, 0) is 6.42 Å². The van der Waals surface area contributed by atoms with E-state index in [0.717, 1.165) is 19.3 Å². The molecule has 0 saturated carbocycles. The molecule has 0 unspecified atom stereocenters. The summed E-state index contributed by atoms with van der Waals surface area (Å²) in [5.41, 5.74) is 1.35. The van der Waals surface area contributed by atoms with Crippen LogP contribution >= 0.6 is 23.2 Å². The molecule has 0 saturated heterocycles. The average Bonchev–Trinajstić information content (AvgIpc) is 2.18. The fourth-order valence-electron chi connectivity index (χ4n) is 1.17. The summed E-state index contributed by atoms with van der Waals surface area (Å²) in [4.78, 5) is -0.549. The van der Waals surface area contributed by atoms with Crippen molar-refractivity contribution in [1.82, 2.24) is 0 Å².